The molecule has 0 spiro atoms. The van der Waals surface area contributed by atoms with Crippen LogP contribution in [-0.4, -0.2) is 11.6 Å². The SMILES string of the molecule is Cc1cccc(-c2cccc3c2C(=O)c2c(S)cccc2C3=O)c1C. The molecule has 0 saturated carbocycles. The Morgan fingerprint density at radius 2 is 1.20 bits per heavy atom. The van der Waals surface area contributed by atoms with Crippen molar-refractivity contribution in [1.29, 1.82) is 0 Å². The smallest absolute Gasteiger partial charge is 0.196 e. The van der Waals surface area contributed by atoms with Gasteiger partial charge in [0.15, 0.2) is 11.6 Å². The third kappa shape index (κ3) is 2.27. The van der Waals surface area contributed by atoms with Crippen molar-refractivity contribution >= 4 is 24.2 Å². The van der Waals surface area contributed by atoms with Crippen LogP contribution in [0.1, 0.15) is 43.0 Å². The van der Waals surface area contributed by atoms with Crippen LogP contribution >= 0.6 is 12.6 Å². The van der Waals surface area contributed by atoms with Crippen molar-refractivity contribution in [2.75, 3.05) is 0 Å². The van der Waals surface area contributed by atoms with Crippen molar-refractivity contribution in [1.82, 2.24) is 0 Å². The molecule has 0 unspecified atom stereocenters. The molecular weight excluding hydrogens is 328 g/mol. The summed E-state index contributed by atoms with van der Waals surface area (Å²) in [7, 11) is 0. The number of hydrogen-bond donors (Lipinski definition) is 1. The lowest BCUT2D eigenvalue weighted by Gasteiger charge is -2.22. The highest BCUT2D eigenvalue weighted by molar-refractivity contribution is 7.80. The Bertz CT molecular complexity index is 1060. The number of carbonyl (C=O) groups excluding carboxylic acids is 2. The Labute approximate surface area is 151 Å². The van der Waals surface area contributed by atoms with Gasteiger partial charge in [0.1, 0.15) is 0 Å². The summed E-state index contributed by atoms with van der Waals surface area (Å²) >= 11 is 4.41. The summed E-state index contributed by atoms with van der Waals surface area (Å²) in [5.74, 6) is -0.251. The summed E-state index contributed by atoms with van der Waals surface area (Å²) < 4.78 is 0. The number of fused-ring (bicyclic) bond motifs is 2. The molecule has 0 amide bonds. The zero-order valence-corrected chi connectivity index (χ0v) is 14.9. The van der Waals surface area contributed by atoms with Crippen LogP contribution in [0.4, 0.5) is 0 Å². The van der Waals surface area contributed by atoms with Crippen LogP contribution in [0.3, 0.4) is 0 Å². The fourth-order valence-corrected chi connectivity index (χ4v) is 3.80. The Morgan fingerprint density at radius 3 is 1.96 bits per heavy atom. The van der Waals surface area contributed by atoms with Gasteiger partial charge in [-0.2, -0.15) is 0 Å². The molecule has 3 heteroatoms. The van der Waals surface area contributed by atoms with Crippen molar-refractivity contribution in [3.05, 3.63) is 88.0 Å². The van der Waals surface area contributed by atoms with E-state index in [1.165, 1.54) is 0 Å². The molecule has 4 rings (SSSR count). The van der Waals surface area contributed by atoms with Gasteiger partial charge in [-0.05, 0) is 42.2 Å². The van der Waals surface area contributed by atoms with E-state index in [4.69, 9.17) is 0 Å². The quantitative estimate of drug-likeness (QED) is 0.491. The van der Waals surface area contributed by atoms with Crippen LogP contribution in [0, 0.1) is 13.8 Å². The van der Waals surface area contributed by atoms with Gasteiger partial charge in [-0.3, -0.25) is 9.59 Å². The monoisotopic (exact) mass is 344 g/mol. The topological polar surface area (TPSA) is 34.1 Å². The summed E-state index contributed by atoms with van der Waals surface area (Å²) in [5, 5.41) is 0. The van der Waals surface area contributed by atoms with Gasteiger partial charge < -0.3 is 0 Å². The Kier molecular flexibility index (Phi) is 3.62. The number of hydrogen-bond acceptors (Lipinski definition) is 3. The van der Waals surface area contributed by atoms with Gasteiger partial charge in [0.05, 0.1) is 0 Å². The average Bonchev–Trinajstić information content (AvgIpc) is 2.61. The number of aryl methyl sites for hydroxylation is 1. The summed E-state index contributed by atoms with van der Waals surface area (Å²) in [6.07, 6.45) is 0. The third-order valence-electron chi connectivity index (χ3n) is 4.95. The van der Waals surface area contributed by atoms with E-state index in [1.807, 2.05) is 44.2 Å². The van der Waals surface area contributed by atoms with Crippen molar-refractivity contribution in [3.63, 3.8) is 0 Å². The van der Waals surface area contributed by atoms with E-state index < -0.39 is 0 Å². The molecule has 0 fully saturated rings. The van der Waals surface area contributed by atoms with E-state index in [1.54, 1.807) is 24.3 Å². The molecule has 2 nitrogen and oxygen atoms in total. The van der Waals surface area contributed by atoms with Crippen LogP contribution in [0.15, 0.2) is 59.5 Å². The first-order valence-corrected chi connectivity index (χ1v) is 8.56. The van der Waals surface area contributed by atoms with Gasteiger partial charge in [-0.15, -0.1) is 12.6 Å². The maximum atomic E-state index is 13.3. The second kappa shape index (κ2) is 5.71. The van der Waals surface area contributed by atoms with Gasteiger partial charge >= 0.3 is 0 Å². The fraction of sp³-hybridized carbons (Fsp3) is 0.0909. The molecule has 0 saturated heterocycles. The molecule has 3 aromatic carbocycles. The highest BCUT2D eigenvalue weighted by Gasteiger charge is 2.33. The normalized spacial score (nSPS) is 12.8. The largest absolute Gasteiger partial charge is 0.289 e. The second-order valence-electron chi connectivity index (χ2n) is 6.33. The average molecular weight is 344 g/mol. The maximum absolute atomic E-state index is 13.3. The van der Waals surface area contributed by atoms with Gasteiger partial charge in [-0.25, -0.2) is 0 Å². The minimum Gasteiger partial charge on any atom is -0.289 e. The first kappa shape index (κ1) is 15.9. The second-order valence-corrected chi connectivity index (χ2v) is 6.82. The maximum Gasteiger partial charge on any atom is 0.196 e. The number of benzene rings is 3. The van der Waals surface area contributed by atoms with Gasteiger partial charge in [-0.1, -0.05) is 48.5 Å². The first-order valence-electron chi connectivity index (χ1n) is 8.11. The molecule has 25 heavy (non-hydrogen) atoms. The van der Waals surface area contributed by atoms with E-state index >= 15 is 0 Å². The lowest BCUT2D eigenvalue weighted by Crippen LogP contribution is -2.22. The molecule has 0 aliphatic heterocycles. The minimum atomic E-state index is -0.133. The van der Waals surface area contributed by atoms with E-state index in [0.717, 1.165) is 22.3 Å². The number of ketones is 2. The van der Waals surface area contributed by atoms with E-state index in [9.17, 15) is 9.59 Å². The molecule has 0 N–H and O–H groups in total. The third-order valence-corrected chi connectivity index (χ3v) is 5.32. The van der Waals surface area contributed by atoms with Gasteiger partial charge in [0, 0.05) is 27.1 Å². The highest BCUT2D eigenvalue weighted by atomic mass is 32.1. The first-order chi connectivity index (χ1) is 12.0. The molecule has 0 radical (unpaired) electrons. The molecule has 0 bridgehead atoms. The van der Waals surface area contributed by atoms with Gasteiger partial charge in [0.25, 0.3) is 0 Å². The zero-order valence-electron chi connectivity index (χ0n) is 14.0. The summed E-state index contributed by atoms with van der Waals surface area (Å²) in [4.78, 5) is 26.8. The predicted molar refractivity (Wildman–Crippen MR) is 102 cm³/mol. The highest BCUT2D eigenvalue weighted by Crippen LogP contribution is 2.37. The molecule has 3 aromatic rings. The van der Waals surface area contributed by atoms with Gasteiger partial charge in [0.2, 0.25) is 0 Å². The van der Waals surface area contributed by atoms with E-state index in [0.29, 0.717) is 27.1 Å². The lowest BCUT2D eigenvalue weighted by molar-refractivity contribution is 0.0977. The number of thiol groups is 1. The zero-order chi connectivity index (χ0) is 17.7. The molecule has 0 atom stereocenters. The van der Waals surface area contributed by atoms with Crippen molar-refractivity contribution in [3.8, 4) is 11.1 Å². The van der Waals surface area contributed by atoms with E-state index in [2.05, 4.69) is 12.6 Å². The summed E-state index contributed by atoms with van der Waals surface area (Å²) in [5.41, 5.74) is 5.84. The minimum absolute atomic E-state index is 0.118. The number of rotatable bonds is 1. The molecule has 1 aliphatic carbocycles. The Hall–Kier alpha value is -2.65. The Morgan fingerprint density at radius 1 is 0.640 bits per heavy atom. The summed E-state index contributed by atoms with van der Waals surface area (Å²) in [6, 6.07) is 16.7. The van der Waals surface area contributed by atoms with Crippen molar-refractivity contribution < 1.29 is 9.59 Å². The fourth-order valence-electron chi connectivity index (χ4n) is 3.49. The van der Waals surface area contributed by atoms with Crippen LogP contribution in [0.25, 0.3) is 11.1 Å². The van der Waals surface area contributed by atoms with Crippen LogP contribution < -0.4 is 0 Å². The van der Waals surface area contributed by atoms with Crippen LogP contribution in [0.5, 0.6) is 0 Å². The molecular formula is C22H16O2S. The standard InChI is InChI=1S/C22H16O2S/c1-12-6-3-7-14(13(12)2)15-8-4-9-16-19(15)22(24)20-17(21(16)23)10-5-11-18(20)25/h3-11,25H,1-2H3. The molecule has 122 valence electrons. The molecule has 0 heterocycles. The lowest BCUT2D eigenvalue weighted by atomic mass is 9.79. The van der Waals surface area contributed by atoms with Crippen LogP contribution in [-0.2, 0) is 0 Å². The van der Waals surface area contributed by atoms with E-state index in [-0.39, 0.29) is 11.6 Å². The Balaban J connectivity index is 2.05. The number of carbonyl (C=O) groups is 2. The van der Waals surface area contributed by atoms with Crippen molar-refractivity contribution in [2.45, 2.75) is 18.7 Å². The summed E-state index contributed by atoms with van der Waals surface area (Å²) in [6.45, 7) is 4.08. The van der Waals surface area contributed by atoms with Crippen LogP contribution in [0.2, 0.25) is 0 Å². The van der Waals surface area contributed by atoms with Crippen molar-refractivity contribution in [2.24, 2.45) is 0 Å². The predicted octanol–water partition coefficient (Wildman–Crippen LogP) is 5.03. The molecule has 0 aromatic heterocycles. The molecule has 1 aliphatic rings.